The van der Waals surface area contributed by atoms with Crippen LogP contribution in [-0.2, 0) is 6.54 Å². The van der Waals surface area contributed by atoms with Crippen molar-refractivity contribution in [3.8, 4) is 5.75 Å². The number of benzene rings is 3. The zero-order chi connectivity index (χ0) is 14.8. The molecule has 0 aromatic heterocycles. The third-order valence-electron chi connectivity index (χ3n) is 3.42. The maximum atomic E-state index is 13.9. The van der Waals surface area contributed by atoms with Gasteiger partial charge in [0.15, 0.2) is 5.82 Å². The molecule has 0 saturated heterocycles. The number of halogens is 2. The summed E-state index contributed by atoms with van der Waals surface area (Å²) in [5.74, 6) is -0.303. The first-order valence-electron chi connectivity index (χ1n) is 6.54. The van der Waals surface area contributed by atoms with Gasteiger partial charge in [0.1, 0.15) is 5.75 Å². The summed E-state index contributed by atoms with van der Waals surface area (Å²) in [6.07, 6.45) is 0. The minimum absolute atomic E-state index is 0.0714. The van der Waals surface area contributed by atoms with Gasteiger partial charge >= 0.3 is 0 Å². The Morgan fingerprint density at radius 1 is 1.00 bits per heavy atom. The molecule has 3 aromatic rings. The Morgan fingerprint density at radius 2 is 1.81 bits per heavy atom. The minimum atomic E-state index is -0.487. The lowest BCUT2D eigenvalue weighted by molar-refractivity contribution is 0.470. The van der Waals surface area contributed by atoms with Crippen molar-refractivity contribution in [2.45, 2.75) is 6.54 Å². The molecule has 3 rings (SSSR count). The molecule has 21 heavy (non-hydrogen) atoms. The van der Waals surface area contributed by atoms with Gasteiger partial charge in [-0.1, -0.05) is 48.0 Å². The summed E-state index contributed by atoms with van der Waals surface area (Å²) in [6, 6.07) is 16.0. The first-order chi connectivity index (χ1) is 10.2. The second kappa shape index (κ2) is 5.62. The van der Waals surface area contributed by atoms with Crippen LogP contribution < -0.4 is 5.32 Å². The van der Waals surface area contributed by atoms with Crippen LogP contribution in [0.2, 0.25) is 5.02 Å². The largest absolute Gasteiger partial charge is 0.508 e. The molecular weight excluding hydrogens is 289 g/mol. The smallest absolute Gasteiger partial charge is 0.164 e. The van der Waals surface area contributed by atoms with Crippen molar-refractivity contribution in [1.82, 2.24) is 0 Å². The molecule has 0 aliphatic heterocycles. The van der Waals surface area contributed by atoms with Crippen LogP contribution in [0.25, 0.3) is 10.8 Å². The zero-order valence-electron chi connectivity index (χ0n) is 11.1. The number of nitrogens with one attached hydrogen (secondary N) is 1. The Bertz CT molecular complexity index is 804. The van der Waals surface area contributed by atoms with Crippen LogP contribution in [0.5, 0.6) is 5.75 Å². The summed E-state index contributed by atoms with van der Waals surface area (Å²) in [4.78, 5) is 0. The summed E-state index contributed by atoms with van der Waals surface area (Å²) in [6.45, 7) is 0.310. The molecule has 0 fully saturated rings. The lowest BCUT2D eigenvalue weighted by Gasteiger charge is -2.12. The van der Waals surface area contributed by atoms with Gasteiger partial charge in [0.2, 0.25) is 0 Å². The van der Waals surface area contributed by atoms with Crippen LogP contribution in [0, 0.1) is 5.82 Å². The third kappa shape index (κ3) is 2.65. The Kier molecular flexibility index (Phi) is 3.67. The van der Waals surface area contributed by atoms with Crippen molar-refractivity contribution in [1.29, 1.82) is 0 Å². The topological polar surface area (TPSA) is 32.3 Å². The first kappa shape index (κ1) is 13.7. The van der Waals surface area contributed by atoms with Crippen molar-refractivity contribution in [2.75, 3.05) is 5.32 Å². The number of rotatable bonds is 3. The lowest BCUT2D eigenvalue weighted by atomic mass is 10.0. The Balaban J connectivity index is 1.95. The number of phenols is 1. The van der Waals surface area contributed by atoms with Crippen LogP contribution >= 0.6 is 11.6 Å². The minimum Gasteiger partial charge on any atom is -0.508 e. The average Bonchev–Trinajstić information content (AvgIpc) is 2.50. The molecule has 0 aliphatic rings. The Hall–Kier alpha value is -2.26. The van der Waals surface area contributed by atoms with E-state index in [1.54, 1.807) is 18.2 Å². The van der Waals surface area contributed by atoms with E-state index in [9.17, 15) is 9.50 Å². The molecule has 3 aromatic carbocycles. The maximum Gasteiger partial charge on any atom is 0.164 e. The first-order valence-corrected chi connectivity index (χ1v) is 6.92. The van der Waals surface area contributed by atoms with Gasteiger partial charge in [-0.3, -0.25) is 0 Å². The average molecular weight is 302 g/mol. The van der Waals surface area contributed by atoms with Crippen molar-refractivity contribution < 1.29 is 9.50 Å². The highest BCUT2D eigenvalue weighted by atomic mass is 35.5. The van der Waals surface area contributed by atoms with Crippen LogP contribution in [0.4, 0.5) is 10.1 Å². The summed E-state index contributed by atoms with van der Waals surface area (Å²) in [7, 11) is 0. The molecule has 0 radical (unpaired) electrons. The number of phenolic OH excluding ortho intramolecular Hbond substituents is 1. The number of fused-ring (bicyclic) bond motifs is 1. The number of aromatic hydroxyl groups is 1. The molecule has 0 heterocycles. The van der Waals surface area contributed by atoms with E-state index in [1.807, 2.05) is 30.3 Å². The molecule has 2 nitrogen and oxygen atoms in total. The van der Waals surface area contributed by atoms with E-state index < -0.39 is 5.82 Å². The van der Waals surface area contributed by atoms with Crippen molar-refractivity contribution in [3.05, 3.63) is 71.0 Å². The maximum absolute atomic E-state index is 13.9. The number of hydrogen-bond donors (Lipinski definition) is 2. The molecule has 4 heteroatoms. The Labute approximate surface area is 126 Å². The van der Waals surface area contributed by atoms with Gasteiger partial charge < -0.3 is 10.4 Å². The lowest BCUT2D eigenvalue weighted by Crippen LogP contribution is -2.02. The van der Waals surface area contributed by atoms with E-state index in [4.69, 9.17) is 11.6 Å². The molecular formula is C17H13ClFNO. The quantitative estimate of drug-likeness (QED) is 0.717. The summed E-state index contributed by atoms with van der Waals surface area (Å²) in [5, 5.41) is 15.1. The highest BCUT2D eigenvalue weighted by Crippen LogP contribution is 2.29. The second-order valence-electron chi connectivity index (χ2n) is 4.74. The monoisotopic (exact) mass is 301 g/mol. The van der Waals surface area contributed by atoms with E-state index in [0.29, 0.717) is 12.2 Å². The van der Waals surface area contributed by atoms with Gasteiger partial charge in [0.05, 0.1) is 10.7 Å². The van der Waals surface area contributed by atoms with Gasteiger partial charge in [0.25, 0.3) is 0 Å². The van der Waals surface area contributed by atoms with Gasteiger partial charge in [-0.25, -0.2) is 4.39 Å². The highest BCUT2D eigenvalue weighted by Gasteiger charge is 2.09. The molecule has 2 N–H and O–H groups in total. The molecule has 106 valence electrons. The summed E-state index contributed by atoms with van der Waals surface area (Å²) >= 11 is 5.76. The van der Waals surface area contributed by atoms with Crippen molar-refractivity contribution >= 4 is 28.1 Å². The standard InChI is InChI=1S/C17H13ClFNO/c18-14-6-3-7-15(17(14)19)20-10-13-12-5-2-1-4-11(12)8-9-16(13)21/h1-9,20-21H,10H2. The molecule has 0 spiro atoms. The van der Waals surface area contributed by atoms with E-state index in [-0.39, 0.29) is 10.8 Å². The van der Waals surface area contributed by atoms with Crippen LogP contribution in [0.3, 0.4) is 0 Å². The van der Waals surface area contributed by atoms with Gasteiger partial charge in [-0.05, 0) is 29.0 Å². The second-order valence-corrected chi connectivity index (χ2v) is 5.15. The van der Waals surface area contributed by atoms with E-state index in [1.165, 1.54) is 6.07 Å². The van der Waals surface area contributed by atoms with Crippen LogP contribution in [-0.4, -0.2) is 5.11 Å². The van der Waals surface area contributed by atoms with Crippen molar-refractivity contribution in [3.63, 3.8) is 0 Å². The fraction of sp³-hybridized carbons (Fsp3) is 0.0588. The molecule has 0 amide bonds. The Morgan fingerprint density at radius 3 is 2.67 bits per heavy atom. The van der Waals surface area contributed by atoms with Gasteiger partial charge in [-0.2, -0.15) is 0 Å². The van der Waals surface area contributed by atoms with E-state index >= 15 is 0 Å². The fourth-order valence-corrected chi connectivity index (χ4v) is 2.51. The molecule has 0 saturated carbocycles. The summed E-state index contributed by atoms with van der Waals surface area (Å²) < 4.78 is 13.9. The van der Waals surface area contributed by atoms with Gasteiger partial charge in [-0.15, -0.1) is 0 Å². The van der Waals surface area contributed by atoms with E-state index in [2.05, 4.69) is 5.32 Å². The van der Waals surface area contributed by atoms with Crippen molar-refractivity contribution in [2.24, 2.45) is 0 Å². The SMILES string of the molecule is Oc1ccc2ccccc2c1CNc1cccc(Cl)c1F. The van der Waals surface area contributed by atoms with Gasteiger partial charge in [0, 0.05) is 12.1 Å². The highest BCUT2D eigenvalue weighted by molar-refractivity contribution is 6.31. The molecule has 0 aliphatic carbocycles. The van der Waals surface area contributed by atoms with E-state index in [0.717, 1.165) is 16.3 Å². The number of hydrogen-bond acceptors (Lipinski definition) is 2. The molecule has 0 atom stereocenters. The predicted octanol–water partition coefficient (Wildman–Crippen LogP) is 4.95. The third-order valence-corrected chi connectivity index (χ3v) is 3.71. The molecule has 0 unspecified atom stereocenters. The van der Waals surface area contributed by atoms with Crippen LogP contribution in [0.15, 0.2) is 54.6 Å². The predicted molar refractivity (Wildman–Crippen MR) is 84.3 cm³/mol. The van der Waals surface area contributed by atoms with Crippen LogP contribution in [0.1, 0.15) is 5.56 Å². The zero-order valence-corrected chi connectivity index (χ0v) is 11.9. The summed E-state index contributed by atoms with van der Waals surface area (Å²) in [5.41, 5.74) is 1.04. The fourth-order valence-electron chi connectivity index (χ4n) is 2.33. The number of anilines is 1. The molecule has 0 bridgehead atoms. The normalized spacial score (nSPS) is 10.8.